The van der Waals surface area contributed by atoms with Crippen molar-refractivity contribution in [1.82, 2.24) is 30.4 Å². The maximum atomic E-state index is 14.0. The molecule has 0 spiro atoms. The maximum absolute atomic E-state index is 14.0. The number of nitrogens with one attached hydrogen (secondary N) is 1. The van der Waals surface area contributed by atoms with E-state index in [1.807, 2.05) is 12.1 Å². The molecule has 226 valence electrons. The largest absolute Gasteiger partial charge is 0.497 e. The number of rotatable bonds is 13. The van der Waals surface area contributed by atoms with Gasteiger partial charge in [0.15, 0.2) is 17.5 Å². The summed E-state index contributed by atoms with van der Waals surface area (Å²) in [4.78, 5) is 30.3. The molecule has 1 aliphatic heterocycles. The fourth-order valence-corrected chi connectivity index (χ4v) is 4.85. The van der Waals surface area contributed by atoms with Gasteiger partial charge in [0.1, 0.15) is 18.1 Å². The summed E-state index contributed by atoms with van der Waals surface area (Å²) >= 11 is 0. The van der Waals surface area contributed by atoms with E-state index in [1.165, 1.54) is 23.1 Å². The lowest BCUT2D eigenvalue weighted by Crippen LogP contribution is -2.46. The van der Waals surface area contributed by atoms with Gasteiger partial charge in [-0.25, -0.2) is 0 Å². The molecule has 5 rings (SSSR count). The van der Waals surface area contributed by atoms with Crippen LogP contribution in [0, 0.1) is 0 Å². The summed E-state index contributed by atoms with van der Waals surface area (Å²) in [6, 6.07) is 14.8. The molecule has 1 saturated heterocycles. The van der Waals surface area contributed by atoms with Crippen LogP contribution in [0.5, 0.6) is 17.2 Å². The minimum atomic E-state index is -1.06. The van der Waals surface area contributed by atoms with Crippen LogP contribution >= 0.6 is 0 Å². The molecule has 4 aromatic rings. The first-order chi connectivity index (χ1) is 21.0. The molecule has 43 heavy (non-hydrogen) atoms. The Bertz CT molecular complexity index is 1500. The van der Waals surface area contributed by atoms with Crippen LogP contribution in [0.15, 0.2) is 65.3 Å². The van der Waals surface area contributed by atoms with Crippen LogP contribution in [0.4, 0.5) is 0 Å². The Kier molecular flexibility index (Phi) is 9.52. The third kappa shape index (κ3) is 7.12. The highest BCUT2D eigenvalue weighted by Crippen LogP contribution is 2.31. The lowest BCUT2D eigenvalue weighted by molar-refractivity contribution is -0.143. The zero-order chi connectivity index (χ0) is 30.2. The average molecular weight is 591 g/mol. The Balaban J connectivity index is 1.41. The van der Waals surface area contributed by atoms with E-state index in [4.69, 9.17) is 23.4 Å². The number of tetrazole rings is 1. The predicted octanol–water partition coefficient (Wildman–Crippen LogP) is 3.02. The van der Waals surface area contributed by atoms with Gasteiger partial charge in [0.05, 0.1) is 33.7 Å². The molecular formula is C30H34N6O7. The fourth-order valence-electron chi connectivity index (χ4n) is 4.85. The van der Waals surface area contributed by atoms with Gasteiger partial charge in [-0.2, -0.15) is 4.80 Å². The topological polar surface area (TPSA) is 143 Å². The molecule has 2 atom stereocenters. The molecule has 0 radical (unpaired) electrons. The van der Waals surface area contributed by atoms with Crippen molar-refractivity contribution in [2.75, 3.05) is 34.5 Å². The lowest BCUT2D eigenvalue weighted by Gasteiger charge is -2.30. The number of carbonyl (C=O) groups excluding carboxylic acids is 2. The minimum Gasteiger partial charge on any atom is -0.497 e. The van der Waals surface area contributed by atoms with E-state index in [2.05, 4.69) is 20.7 Å². The van der Waals surface area contributed by atoms with Crippen LogP contribution in [0.2, 0.25) is 0 Å². The maximum Gasteiger partial charge on any atom is 0.250 e. The number of carbonyl (C=O) groups is 2. The van der Waals surface area contributed by atoms with Gasteiger partial charge in [-0.05, 0) is 66.1 Å². The van der Waals surface area contributed by atoms with Crippen molar-refractivity contribution in [3.63, 3.8) is 0 Å². The Morgan fingerprint density at radius 1 is 1.07 bits per heavy atom. The van der Waals surface area contributed by atoms with Crippen molar-refractivity contribution < 1.29 is 33.0 Å². The zero-order valence-corrected chi connectivity index (χ0v) is 24.3. The minimum absolute atomic E-state index is 0.0683. The summed E-state index contributed by atoms with van der Waals surface area (Å²) in [7, 11) is 4.67. The lowest BCUT2D eigenvalue weighted by atomic mass is 10.1. The van der Waals surface area contributed by atoms with Gasteiger partial charge in [-0.3, -0.25) is 9.59 Å². The highest BCUT2D eigenvalue weighted by atomic mass is 16.5. The first-order valence-corrected chi connectivity index (χ1v) is 13.8. The van der Waals surface area contributed by atoms with Crippen LogP contribution in [0.3, 0.4) is 0 Å². The number of ether oxygens (including phenoxy) is 4. The molecule has 0 bridgehead atoms. The number of furan rings is 1. The summed E-state index contributed by atoms with van der Waals surface area (Å²) in [5.74, 6) is 1.56. The monoisotopic (exact) mass is 590 g/mol. The molecule has 0 aliphatic carbocycles. The number of benzene rings is 2. The van der Waals surface area contributed by atoms with E-state index in [-0.39, 0.29) is 25.1 Å². The Morgan fingerprint density at radius 2 is 1.88 bits per heavy atom. The van der Waals surface area contributed by atoms with Crippen LogP contribution < -0.4 is 19.5 Å². The summed E-state index contributed by atoms with van der Waals surface area (Å²) in [5.41, 5.74) is 1.42. The van der Waals surface area contributed by atoms with Crippen molar-refractivity contribution in [3.8, 4) is 28.6 Å². The van der Waals surface area contributed by atoms with Crippen molar-refractivity contribution in [3.05, 3.63) is 72.2 Å². The summed E-state index contributed by atoms with van der Waals surface area (Å²) in [6.07, 6.45) is 3.21. The smallest absolute Gasteiger partial charge is 0.250 e. The van der Waals surface area contributed by atoms with Gasteiger partial charge in [-0.15, -0.1) is 10.2 Å². The number of methoxy groups -OCH3 is 3. The van der Waals surface area contributed by atoms with E-state index in [0.717, 1.165) is 18.4 Å². The first-order valence-electron chi connectivity index (χ1n) is 13.8. The summed E-state index contributed by atoms with van der Waals surface area (Å²) in [5, 5.41) is 15.6. The molecule has 13 nitrogen and oxygen atoms in total. The van der Waals surface area contributed by atoms with E-state index in [9.17, 15) is 9.59 Å². The van der Waals surface area contributed by atoms with E-state index in [0.29, 0.717) is 47.5 Å². The standard InChI is InChI=1S/C30H34N6O7/c1-39-22-11-8-20(9-12-22)18-35(28(25-7-5-15-43-25)30(38)31-17-23-6-4-14-42-23)27(37)19-36-33-29(32-34-36)21-10-13-24(40-2)26(16-21)41-3/h5,7-13,15-16,23,28H,4,6,14,17-19H2,1-3H3,(H,31,38). The molecule has 3 heterocycles. The third-order valence-electron chi connectivity index (χ3n) is 7.10. The molecule has 1 aliphatic rings. The number of amides is 2. The molecular weight excluding hydrogens is 556 g/mol. The van der Waals surface area contributed by atoms with Crippen molar-refractivity contribution in [2.24, 2.45) is 0 Å². The van der Waals surface area contributed by atoms with Gasteiger partial charge < -0.3 is 33.6 Å². The first kappa shape index (κ1) is 29.6. The quantitative estimate of drug-likeness (QED) is 0.247. The van der Waals surface area contributed by atoms with Crippen LogP contribution in [-0.2, 0) is 27.4 Å². The van der Waals surface area contributed by atoms with Crippen molar-refractivity contribution >= 4 is 11.8 Å². The third-order valence-corrected chi connectivity index (χ3v) is 7.10. The molecule has 1 fully saturated rings. The second kappa shape index (κ2) is 13.8. The highest BCUT2D eigenvalue weighted by molar-refractivity contribution is 5.88. The van der Waals surface area contributed by atoms with E-state index >= 15 is 0 Å². The van der Waals surface area contributed by atoms with Crippen molar-refractivity contribution in [1.29, 1.82) is 0 Å². The van der Waals surface area contributed by atoms with Gasteiger partial charge >= 0.3 is 0 Å². The Morgan fingerprint density at radius 3 is 2.56 bits per heavy atom. The number of nitrogens with zero attached hydrogens (tertiary/aromatic N) is 5. The van der Waals surface area contributed by atoms with Crippen molar-refractivity contribution in [2.45, 2.75) is 38.1 Å². The Labute approximate surface area is 248 Å². The highest BCUT2D eigenvalue weighted by Gasteiger charge is 2.34. The molecule has 2 amide bonds. The van der Waals surface area contributed by atoms with E-state index < -0.39 is 11.9 Å². The molecule has 2 aromatic heterocycles. The molecule has 2 unspecified atom stereocenters. The summed E-state index contributed by atoms with van der Waals surface area (Å²) in [6.45, 7) is 0.839. The average Bonchev–Trinajstić information content (AvgIpc) is 3.84. The molecule has 13 heteroatoms. The molecule has 1 N–H and O–H groups in total. The SMILES string of the molecule is COc1ccc(CN(C(=O)Cn2nnc(-c3ccc(OC)c(OC)c3)n2)C(C(=O)NCC2CCCO2)c2ccco2)cc1. The van der Waals surface area contributed by atoms with Gasteiger partial charge in [0.2, 0.25) is 11.7 Å². The Hall–Kier alpha value is -4.91. The van der Waals surface area contributed by atoms with Crippen LogP contribution in [0.1, 0.15) is 30.2 Å². The van der Waals surface area contributed by atoms with E-state index in [1.54, 1.807) is 56.7 Å². The normalized spacial score (nSPS) is 15.1. The van der Waals surface area contributed by atoms with Gasteiger partial charge in [0.25, 0.3) is 5.91 Å². The molecule has 2 aromatic carbocycles. The fraction of sp³-hybridized carbons (Fsp3) is 0.367. The van der Waals surface area contributed by atoms with Crippen LogP contribution in [-0.4, -0.2) is 77.5 Å². The number of hydrogen-bond acceptors (Lipinski definition) is 10. The molecule has 0 saturated carbocycles. The van der Waals surface area contributed by atoms with Gasteiger partial charge in [0, 0.05) is 25.3 Å². The second-order valence-electron chi connectivity index (χ2n) is 9.88. The number of aromatic nitrogens is 4. The summed E-state index contributed by atoms with van der Waals surface area (Å²) < 4.78 is 27.3. The second-order valence-corrected chi connectivity index (χ2v) is 9.88. The van der Waals surface area contributed by atoms with Gasteiger partial charge in [-0.1, -0.05) is 12.1 Å². The van der Waals surface area contributed by atoms with Crippen LogP contribution in [0.25, 0.3) is 11.4 Å². The zero-order valence-electron chi connectivity index (χ0n) is 24.3. The number of hydrogen-bond donors (Lipinski definition) is 1. The predicted molar refractivity (Wildman–Crippen MR) is 153 cm³/mol.